The van der Waals surface area contributed by atoms with Crippen LogP contribution >= 0.6 is 0 Å². The van der Waals surface area contributed by atoms with Crippen molar-refractivity contribution in [2.75, 3.05) is 6.61 Å². The second-order valence-electron chi connectivity index (χ2n) is 2.17. The number of hydrogen-bond donors (Lipinski definition) is 2. The van der Waals surface area contributed by atoms with Gasteiger partial charge in [0.1, 0.15) is 0 Å². The normalized spacial score (nSPS) is 9.67. The highest BCUT2D eigenvalue weighted by atomic mass is 16.7. The minimum atomic E-state index is -0.657. The van der Waals surface area contributed by atoms with E-state index >= 15 is 0 Å². The molecule has 4 heteroatoms. The molecule has 0 aromatic heterocycles. The molecule has 2 amide bonds. The highest BCUT2D eigenvalue weighted by Gasteiger charge is 1.93. The Labute approximate surface area is 54.3 Å². The largest absolute Gasteiger partial charge is 0.350 e. The lowest BCUT2D eigenvalue weighted by Gasteiger charge is -2.03. The summed E-state index contributed by atoms with van der Waals surface area (Å²) in [6.07, 6.45) is 0. The average Bonchev–Trinajstić information content (AvgIpc) is 1.63. The van der Waals surface area contributed by atoms with E-state index in [0.29, 0.717) is 12.5 Å². The Morgan fingerprint density at radius 2 is 2.33 bits per heavy atom. The quantitative estimate of drug-likeness (QED) is 0.540. The predicted molar refractivity (Wildman–Crippen MR) is 33.5 cm³/mol. The summed E-state index contributed by atoms with van der Waals surface area (Å²) in [6, 6.07) is -0.657. The van der Waals surface area contributed by atoms with Gasteiger partial charge in [-0.05, 0) is 5.92 Å². The zero-order valence-electron chi connectivity index (χ0n) is 5.68. The molecule has 0 aliphatic rings. The van der Waals surface area contributed by atoms with E-state index in [0.717, 1.165) is 0 Å². The van der Waals surface area contributed by atoms with Gasteiger partial charge in [-0.2, -0.15) is 0 Å². The van der Waals surface area contributed by atoms with Crippen molar-refractivity contribution in [1.82, 2.24) is 5.48 Å². The van der Waals surface area contributed by atoms with Crippen molar-refractivity contribution in [3.8, 4) is 0 Å². The third kappa shape index (κ3) is 7.23. The van der Waals surface area contributed by atoms with Gasteiger partial charge in [0.15, 0.2) is 0 Å². The van der Waals surface area contributed by atoms with Crippen LogP contribution in [0.3, 0.4) is 0 Å². The molecule has 0 radical (unpaired) electrons. The van der Waals surface area contributed by atoms with Gasteiger partial charge in [-0.15, -0.1) is 0 Å². The molecule has 0 rings (SSSR count). The molecule has 9 heavy (non-hydrogen) atoms. The van der Waals surface area contributed by atoms with E-state index in [1.807, 2.05) is 19.3 Å². The Balaban J connectivity index is 3.01. The monoisotopic (exact) mass is 132 g/mol. The van der Waals surface area contributed by atoms with E-state index in [2.05, 4.69) is 4.84 Å². The van der Waals surface area contributed by atoms with Gasteiger partial charge in [0.25, 0.3) is 0 Å². The fourth-order valence-corrected chi connectivity index (χ4v) is 0.279. The lowest BCUT2D eigenvalue weighted by molar-refractivity contribution is 0.0468. The molecule has 0 unspecified atom stereocenters. The molecule has 0 saturated carbocycles. The highest BCUT2D eigenvalue weighted by molar-refractivity contribution is 5.70. The first-order chi connectivity index (χ1) is 4.13. The van der Waals surface area contributed by atoms with Gasteiger partial charge in [-0.3, -0.25) is 4.84 Å². The number of hydroxylamine groups is 1. The number of carbonyl (C=O) groups is 1. The fraction of sp³-hybridized carbons (Fsp3) is 0.800. The summed E-state index contributed by atoms with van der Waals surface area (Å²) in [5, 5.41) is 0. The molecular weight excluding hydrogens is 120 g/mol. The first kappa shape index (κ1) is 8.23. The summed E-state index contributed by atoms with van der Waals surface area (Å²) in [6.45, 7) is 4.44. The van der Waals surface area contributed by atoms with Gasteiger partial charge in [-0.25, -0.2) is 10.3 Å². The second-order valence-corrected chi connectivity index (χ2v) is 2.17. The molecule has 0 aliphatic heterocycles. The third-order valence-electron chi connectivity index (χ3n) is 0.589. The van der Waals surface area contributed by atoms with E-state index in [1.165, 1.54) is 0 Å². The number of carbonyl (C=O) groups excluding carboxylic acids is 1. The Hall–Kier alpha value is -0.770. The summed E-state index contributed by atoms with van der Waals surface area (Å²) in [5.74, 6) is 0.400. The maximum Gasteiger partial charge on any atom is 0.336 e. The molecule has 54 valence electrons. The number of primary amides is 1. The van der Waals surface area contributed by atoms with Crippen LogP contribution in [0.2, 0.25) is 0 Å². The topological polar surface area (TPSA) is 64.3 Å². The number of nitrogens with one attached hydrogen (secondary N) is 1. The number of urea groups is 1. The molecule has 0 heterocycles. The van der Waals surface area contributed by atoms with Crippen molar-refractivity contribution in [2.24, 2.45) is 11.7 Å². The van der Waals surface area contributed by atoms with Crippen LogP contribution in [0, 0.1) is 5.92 Å². The minimum absolute atomic E-state index is 0.400. The molecular formula is C5H12N2O2. The van der Waals surface area contributed by atoms with Gasteiger partial charge < -0.3 is 5.73 Å². The van der Waals surface area contributed by atoms with Gasteiger partial charge in [0.05, 0.1) is 6.61 Å². The fourth-order valence-electron chi connectivity index (χ4n) is 0.279. The third-order valence-corrected chi connectivity index (χ3v) is 0.589. The van der Waals surface area contributed by atoms with Gasteiger partial charge in [0.2, 0.25) is 0 Å². The van der Waals surface area contributed by atoms with Crippen molar-refractivity contribution < 1.29 is 9.63 Å². The Morgan fingerprint density at radius 3 is 2.67 bits per heavy atom. The highest BCUT2D eigenvalue weighted by Crippen LogP contribution is 1.88. The zero-order chi connectivity index (χ0) is 7.28. The predicted octanol–water partition coefficient (Wildman–Crippen LogP) is 0.242. The van der Waals surface area contributed by atoms with Crippen molar-refractivity contribution in [2.45, 2.75) is 13.8 Å². The molecule has 0 aliphatic carbocycles. The van der Waals surface area contributed by atoms with Crippen molar-refractivity contribution in [3.05, 3.63) is 0 Å². The van der Waals surface area contributed by atoms with Gasteiger partial charge >= 0.3 is 6.03 Å². The van der Waals surface area contributed by atoms with Crippen molar-refractivity contribution in [3.63, 3.8) is 0 Å². The van der Waals surface area contributed by atoms with Gasteiger partial charge in [0, 0.05) is 0 Å². The van der Waals surface area contributed by atoms with E-state index < -0.39 is 6.03 Å². The standard InChI is InChI=1S/C5H12N2O2/c1-4(2)3-9-7-5(6)8/h4H,3H2,1-2H3,(H3,6,7,8). The molecule has 0 spiro atoms. The van der Waals surface area contributed by atoms with Crippen LogP contribution in [0.25, 0.3) is 0 Å². The minimum Gasteiger partial charge on any atom is -0.350 e. The van der Waals surface area contributed by atoms with Crippen LogP contribution in [0.4, 0.5) is 4.79 Å². The summed E-state index contributed by atoms with van der Waals surface area (Å²) in [4.78, 5) is 14.6. The van der Waals surface area contributed by atoms with E-state index in [9.17, 15) is 4.79 Å². The molecule has 0 aromatic carbocycles. The smallest absolute Gasteiger partial charge is 0.336 e. The number of amides is 2. The number of nitrogens with two attached hydrogens (primary N) is 1. The Kier molecular flexibility index (Phi) is 3.79. The lowest BCUT2D eigenvalue weighted by Crippen LogP contribution is -2.30. The van der Waals surface area contributed by atoms with Crippen molar-refractivity contribution >= 4 is 6.03 Å². The van der Waals surface area contributed by atoms with E-state index in [-0.39, 0.29) is 0 Å². The van der Waals surface area contributed by atoms with Crippen molar-refractivity contribution in [1.29, 1.82) is 0 Å². The van der Waals surface area contributed by atoms with Crippen LogP contribution in [0.15, 0.2) is 0 Å². The molecule has 0 aromatic rings. The molecule has 0 fully saturated rings. The maximum absolute atomic E-state index is 9.97. The number of hydrogen-bond acceptors (Lipinski definition) is 2. The van der Waals surface area contributed by atoms with E-state index in [1.54, 1.807) is 0 Å². The summed E-state index contributed by atoms with van der Waals surface area (Å²) in [5.41, 5.74) is 6.72. The van der Waals surface area contributed by atoms with Crippen LogP contribution in [-0.2, 0) is 4.84 Å². The first-order valence-electron chi connectivity index (χ1n) is 2.80. The second kappa shape index (κ2) is 4.14. The average molecular weight is 132 g/mol. The van der Waals surface area contributed by atoms with E-state index in [4.69, 9.17) is 5.73 Å². The molecule has 0 saturated heterocycles. The summed E-state index contributed by atoms with van der Waals surface area (Å²) < 4.78 is 0. The first-order valence-corrected chi connectivity index (χ1v) is 2.80. The summed E-state index contributed by atoms with van der Waals surface area (Å²) >= 11 is 0. The van der Waals surface area contributed by atoms with Gasteiger partial charge in [-0.1, -0.05) is 13.8 Å². The van der Waals surface area contributed by atoms with Crippen LogP contribution in [0.1, 0.15) is 13.8 Å². The Bertz CT molecular complexity index is 93.0. The lowest BCUT2D eigenvalue weighted by atomic mass is 10.2. The van der Waals surface area contributed by atoms with Crippen LogP contribution in [-0.4, -0.2) is 12.6 Å². The maximum atomic E-state index is 9.97. The molecule has 0 atom stereocenters. The van der Waals surface area contributed by atoms with Crippen LogP contribution < -0.4 is 11.2 Å². The SMILES string of the molecule is CC(C)CONC(N)=O. The molecule has 4 nitrogen and oxygen atoms in total. The summed E-state index contributed by atoms with van der Waals surface area (Å²) in [7, 11) is 0. The zero-order valence-corrected chi connectivity index (χ0v) is 5.68. The number of rotatable bonds is 3. The van der Waals surface area contributed by atoms with Crippen LogP contribution in [0.5, 0.6) is 0 Å². The molecule has 3 N–H and O–H groups in total. The Morgan fingerprint density at radius 1 is 1.78 bits per heavy atom. The molecule has 0 bridgehead atoms.